The van der Waals surface area contributed by atoms with Gasteiger partial charge in [-0.2, -0.15) is 0 Å². The largest absolute Gasteiger partial charge is 0.309 e. The third kappa shape index (κ3) is 5.43. The summed E-state index contributed by atoms with van der Waals surface area (Å²) in [6, 6.07) is 9.48. The van der Waals surface area contributed by atoms with Gasteiger partial charge in [0, 0.05) is 5.56 Å². The van der Waals surface area contributed by atoms with Gasteiger partial charge in [-0.3, -0.25) is 4.79 Å². The van der Waals surface area contributed by atoms with E-state index in [1.807, 2.05) is 30.3 Å². The van der Waals surface area contributed by atoms with E-state index in [0.717, 1.165) is 12.1 Å². The molecule has 0 aromatic heterocycles. The summed E-state index contributed by atoms with van der Waals surface area (Å²) in [7, 11) is 0.185. The van der Waals surface area contributed by atoms with Gasteiger partial charge in [0.1, 0.15) is 0 Å². The molecule has 0 atom stereocenters. The van der Waals surface area contributed by atoms with Crippen LogP contribution in [0.2, 0.25) is 0 Å². The Bertz CT molecular complexity index is 322. The molecule has 17 heavy (non-hydrogen) atoms. The van der Waals surface area contributed by atoms with Crippen molar-refractivity contribution < 1.29 is 4.79 Å². The van der Waals surface area contributed by atoms with Gasteiger partial charge in [-0.1, -0.05) is 44.2 Å². The predicted octanol–water partition coefficient (Wildman–Crippen LogP) is 2.98. The van der Waals surface area contributed by atoms with E-state index in [1.165, 1.54) is 18.5 Å². The van der Waals surface area contributed by atoms with Gasteiger partial charge in [-0.15, -0.1) is 7.92 Å². The van der Waals surface area contributed by atoms with E-state index in [-0.39, 0.29) is 13.7 Å². The third-order valence-electron chi connectivity index (χ3n) is 2.88. The van der Waals surface area contributed by atoms with Crippen molar-refractivity contribution in [2.75, 3.05) is 31.6 Å². The van der Waals surface area contributed by atoms with Crippen molar-refractivity contribution in [1.82, 2.24) is 5.32 Å². The monoisotopic (exact) mass is 251 g/mol. The summed E-state index contributed by atoms with van der Waals surface area (Å²) in [4.78, 5) is 11.8. The molecule has 0 aliphatic rings. The second kappa shape index (κ2) is 8.38. The van der Waals surface area contributed by atoms with Crippen molar-refractivity contribution in [2.24, 2.45) is 0 Å². The van der Waals surface area contributed by atoms with E-state index in [1.54, 1.807) is 0 Å². The maximum Gasteiger partial charge on any atom is 0.176 e. The average molecular weight is 251 g/mol. The molecular weight excluding hydrogens is 229 g/mol. The molecule has 2 nitrogen and oxygen atoms in total. The fraction of sp³-hybridized carbons (Fsp3) is 0.500. The summed E-state index contributed by atoms with van der Waals surface area (Å²) in [5, 5.41) is 3.25. The first-order chi connectivity index (χ1) is 8.27. The molecule has 0 aliphatic carbocycles. The third-order valence-corrected chi connectivity index (χ3v) is 5.53. The SMILES string of the molecule is CCP(CC)CCNCC(=O)c1ccccc1. The molecule has 0 unspecified atom stereocenters. The quantitative estimate of drug-likeness (QED) is 0.437. The van der Waals surface area contributed by atoms with Crippen LogP contribution in [0.1, 0.15) is 24.2 Å². The van der Waals surface area contributed by atoms with Crippen LogP contribution in [0.15, 0.2) is 30.3 Å². The lowest BCUT2D eigenvalue weighted by molar-refractivity contribution is 0.0992. The van der Waals surface area contributed by atoms with Gasteiger partial charge in [-0.05, 0) is 25.0 Å². The Morgan fingerprint density at radius 2 is 1.82 bits per heavy atom. The first-order valence-electron chi connectivity index (χ1n) is 6.29. The molecule has 0 heterocycles. The number of benzene rings is 1. The van der Waals surface area contributed by atoms with E-state index < -0.39 is 0 Å². The van der Waals surface area contributed by atoms with Crippen molar-refractivity contribution >= 4 is 13.7 Å². The molecule has 0 saturated carbocycles. The minimum atomic E-state index is 0.183. The molecule has 3 heteroatoms. The molecule has 0 spiro atoms. The fourth-order valence-electron chi connectivity index (χ4n) is 1.71. The first-order valence-corrected chi connectivity index (χ1v) is 8.19. The van der Waals surface area contributed by atoms with E-state index in [4.69, 9.17) is 0 Å². The zero-order valence-corrected chi connectivity index (χ0v) is 11.7. The molecule has 94 valence electrons. The molecule has 0 radical (unpaired) electrons. The highest BCUT2D eigenvalue weighted by Gasteiger charge is 2.05. The van der Waals surface area contributed by atoms with Crippen molar-refractivity contribution in [2.45, 2.75) is 13.8 Å². The Morgan fingerprint density at radius 3 is 2.41 bits per heavy atom. The summed E-state index contributed by atoms with van der Waals surface area (Å²) in [5.41, 5.74) is 0.799. The van der Waals surface area contributed by atoms with Gasteiger partial charge in [0.2, 0.25) is 0 Å². The van der Waals surface area contributed by atoms with Crippen LogP contribution >= 0.6 is 7.92 Å². The summed E-state index contributed by atoms with van der Waals surface area (Å²) in [6.45, 7) is 5.93. The van der Waals surface area contributed by atoms with Crippen molar-refractivity contribution in [1.29, 1.82) is 0 Å². The zero-order chi connectivity index (χ0) is 12.5. The number of nitrogens with one attached hydrogen (secondary N) is 1. The highest BCUT2D eigenvalue weighted by Crippen LogP contribution is 2.32. The van der Waals surface area contributed by atoms with Gasteiger partial charge in [0.25, 0.3) is 0 Å². The summed E-state index contributed by atoms with van der Waals surface area (Å²) < 4.78 is 0. The van der Waals surface area contributed by atoms with E-state index in [0.29, 0.717) is 6.54 Å². The van der Waals surface area contributed by atoms with Crippen molar-refractivity contribution in [3.8, 4) is 0 Å². The second-order valence-corrected chi connectivity index (χ2v) is 7.05. The van der Waals surface area contributed by atoms with Crippen LogP contribution < -0.4 is 5.32 Å². The standard InChI is InChI=1S/C14H22NOP/c1-3-17(4-2)11-10-15-12-14(16)13-8-6-5-7-9-13/h5-9,15H,3-4,10-12H2,1-2H3. The van der Waals surface area contributed by atoms with Crippen LogP contribution in [-0.2, 0) is 0 Å². The van der Waals surface area contributed by atoms with E-state index >= 15 is 0 Å². The molecule has 0 bridgehead atoms. The molecule has 1 aromatic carbocycles. The normalized spacial score (nSPS) is 10.8. The van der Waals surface area contributed by atoms with Crippen molar-refractivity contribution in [3.05, 3.63) is 35.9 Å². The number of carbonyl (C=O) groups excluding carboxylic acids is 1. The Hall–Kier alpha value is -0.720. The molecular formula is C14H22NOP. The maximum atomic E-state index is 11.8. The minimum Gasteiger partial charge on any atom is -0.309 e. The van der Waals surface area contributed by atoms with Gasteiger partial charge in [0.15, 0.2) is 5.78 Å². The maximum absolute atomic E-state index is 11.8. The number of Topliss-reactive ketones (excluding diaryl/α,β-unsaturated/α-hetero) is 1. The molecule has 0 amide bonds. The van der Waals surface area contributed by atoms with Crippen molar-refractivity contribution in [3.63, 3.8) is 0 Å². The van der Waals surface area contributed by atoms with Gasteiger partial charge in [-0.25, -0.2) is 0 Å². The van der Waals surface area contributed by atoms with E-state index in [2.05, 4.69) is 19.2 Å². The molecule has 0 saturated heterocycles. The predicted molar refractivity (Wildman–Crippen MR) is 76.5 cm³/mol. The van der Waals surface area contributed by atoms with Gasteiger partial charge < -0.3 is 5.32 Å². The Labute approximate surface area is 106 Å². The molecule has 1 rings (SSSR count). The number of rotatable bonds is 8. The second-order valence-electron chi connectivity index (χ2n) is 3.99. The van der Waals surface area contributed by atoms with E-state index in [9.17, 15) is 4.79 Å². The fourth-order valence-corrected chi connectivity index (χ4v) is 3.26. The molecule has 0 aliphatic heterocycles. The van der Waals surface area contributed by atoms with Crippen LogP contribution in [0.4, 0.5) is 0 Å². The Morgan fingerprint density at radius 1 is 1.18 bits per heavy atom. The van der Waals surface area contributed by atoms with Crippen LogP contribution in [0.25, 0.3) is 0 Å². The Kier molecular flexibility index (Phi) is 7.07. The van der Waals surface area contributed by atoms with Crippen LogP contribution in [-0.4, -0.2) is 37.4 Å². The highest BCUT2D eigenvalue weighted by atomic mass is 31.1. The lowest BCUT2D eigenvalue weighted by Gasteiger charge is -2.13. The minimum absolute atomic E-state index is 0.183. The smallest absolute Gasteiger partial charge is 0.176 e. The van der Waals surface area contributed by atoms with Crippen LogP contribution in [0, 0.1) is 0 Å². The molecule has 1 aromatic rings. The number of carbonyl (C=O) groups is 1. The summed E-state index contributed by atoms with van der Waals surface area (Å²) >= 11 is 0. The number of hydrogen-bond donors (Lipinski definition) is 1. The van der Waals surface area contributed by atoms with Crippen LogP contribution in [0.5, 0.6) is 0 Å². The zero-order valence-electron chi connectivity index (χ0n) is 10.8. The highest BCUT2D eigenvalue weighted by molar-refractivity contribution is 7.57. The molecule has 0 fully saturated rings. The summed E-state index contributed by atoms with van der Waals surface area (Å²) in [6.07, 6.45) is 3.81. The van der Waals surface area contributed by atoms with Crippen LogP contribution in [0.3, 0.4) is 0 Å². The number of ketones is 1. The average Bonchev–Trinajstić information content (AvgIpc) is 2.40. The Balaban J connectivity index is 2.21. The topological polar surface area (TPSA) is 29.1 Å². The van der Waals surface area contributed by atoms with Gasteiger partial charge >= 0.3 is 0 Å². The van der Waals surface area contributed by atoms with Gasteiger partial charge in [0.05, 0.1) is 6.54 Å². The lowest BCUT2D eigenvalue weighted by Crippen LogP contribution is -2.25. The summed E-state index contributed by atoms with van der Waals surface area (Å²) in [5.74, 6) is 0.183. The first kappa shape index (κ1) is 14.3. The number of hydrogen-bond acceptors (Lipinski definition) is 2. The lowest BCUT2D eigenvalue weighted by atomic mass is 10.1. The molecule has 1 N–H and O–H groups in total.